The van der Waals surface area contributed by atoms with Gasteiger partial charge in [-0.1, -0.05) is 6.08 Å². The molecule has 0 aromatic rings. The second-order valence-electron chi connectivity index (χ2n) is 3.42. The number of carbonyl (C=O) groups excluding carboxylic acids is 1. The number of rotatable bonds is 0. The zero-order valence-corrected chi connectivity index (χ0v) is 6.75. The molecule has 1 saturated heterocycles. The lowest BCUT2D eigenvalue weighted by molar-refractivity contribution is -0.152. The van der Waals surface area contributed by atoms with Crippen LogP contribution in [0.5, 0.6) is 0 Å². The van der Waals surface area contributed by atoms with Crippen LogP contribution < -0.4 is 0 Å². The zero-order chi connectivity index (χ0) is 8.55. The Morgan fingerprint density at radius 1 is 1.58 bits per heavy atom. The first kappa shape index (κ1) is 7.77. The van der Waals surface area contributed by atoms with Crippen LogP contribution >= 0.6 is 0 Å². The Kier molecular flexibility index (Phi) is 1.87. The maximum Gasteiger partial charge on any atom is 0.306 e. The fraction of sp³-hybridized carbons (Fsp3) is 0.667. The van der Waals surface area contributed by atoms with Gasteiger partial charge in [-0.15, -0.1) is 0 Å². The molecule has 0 aromatic heterocycles. The molecule has 2 nitrogen and oxygen atoms in total. The summed E-state index contributed by atoms with van der Waals surface area (Å²) in [6.07, 6.45) is 3.56. The average molecular weight is 170 g/mol. The quantitative estimate of drug-likeness (QED) is 0.518. The van der Waals surface area contributed by atoms with E-state index in [1.807, 2.05) is 0 Å². The Bertz CT molecular complexity index is 235. The molecule has 2 unspecified atom stereocenters. The second-order valence-corrected chi connectivity index (χ2v) is 3.42. The minimum atomic E-state index is -0.262. The molecule has 0 aromatic carbocycles. The molecule has 1 heterocycles. The molecular formula is C9H11FO2. The van der Waals surface area contributed by atoms with E-state index in [9.17, 15) is 9.18 Å². The van der Waals surface area contributed by atoms with Crippen LogP contribution in [-0.4, -0.2) is 12.6 Å². The van der Waals surface area contributed by atoms with Gasteiger partial charge in [-0.05, 0) is 12.8 Å². The van der Waals surface area contributed by atoms with Crippen LogP contribution in [-0.2, 0) is 9.53 Å². The smallest absolute Gasteiger partial charge is 0.306 e. The fourth-order valence-electron chi connectivity index (χ4n) is 1.92. The van der Waals surface area contributed by atoms with Crippen LogP contribution in [0, 0.1) is 11.8 Å². The van der Waals surface area contributed by atoms with E-state index in [1.54, 1.807) is 6.08 Å². The number of esters is 1. The summed E-state index contributed by atoms with van der Waals surface area (Å²) in [5.74, 6) is -0.322. The Hall–Kier alpha value is -0.860. The first-order valence-electron chi connectivity index (χ1n) is 4.28. The van der Waals surface area contributed by atoms with Crippen LogP contribution in [0.2, 0.25) is 0 Å². The Morgan fingerprint density at radius 3 is 3.25 bits per heavy atom. The average Bonchev–Trinajstić information content (AvgIpc) is 2.07. The van der Waals surface area contributed by atoms with Gasteiger partial charge in [-0.3, -0.25) is 4.79 Å². The van der Waals surface area contributed by atoms with Crippen LogP contribution in [0.3, 0.4) is 0 Å². The van der Waals surface area contributed by atoms with Crippen molar-refractivity contribution in [2.24, 2.45) is 11.8 Å². The van der Waals surface area contributed by atoms with Crippen LogP contribution in [0.25, 0.3) is 0 Å². The van der Waals surface area contributed by atoms with Gasteiger partial charge in [0.05, 0.1) is 13.0 Å². The third-order valence-corrected chi connectivity index (χ3v) is 2.65. The number of carbonyl (C=O) groups is 1. The van der Waals surface area contributed by atoms with Crippen LogP contribution in [0.4, 0.5) is 4.39 Å². The molecule has 0 spiro atoms. The number of hydrogen-bond donors (Lipinski definition) is 0. The lowest BCUT2D eigenvalue weighted by Crippen LogP contribution is -2.32. The van der Waals surface area contributed by atoms with E-state index in [0.29, 0.717) is 6.61 Å². The van der Waals surface area contributed by atoms with Crippen molar-refractivity contribution in [3.63, 3.8) is 0 Å². The van der Waals surface area contributed by atoms with Gasteiger partial charge in [0.25, 0.3) is 0 Å². The topological polar surface area (TPSA) is 26.3 Å². The first-order valence-corrected chi connectivity index (χ1v) is 4.28. The predicted octanol–water partition coefficient (Wildman–Crippen LogP) is 1.81. The van der Waals surface area contributed by atoms with E-state index in [1.165, 1.54) is 0 Å². The van der Waals surface area contributed by atoms with Gasteiger partial charge in [0, 0.05) is 11.8 Å². The molecule has 12 heavy (non-hydrogen) atoms. The van der Waals surface area contributed by atoms with Crippen molar-refractivity contribution >= 4 is 5.97 Å². The highest BCUT2D eigenvalue weighted by Gasteiger charge is 2.35. The van der Waals surface area contributed by atoms with Gasteiger partial charge in [0.15, 0.2) is 0 Å². The van der Waals surface area contributed by atoms with Crippen molar-refractivity contribution in [3.8, 4) is 0 Å². The lowest BCUT2D eigenvalue weighted by atomic mass is 9.80. The van der Waals surface area contributed by atoms with Gasteiger partial charge in [0.1, 0.15) is 5.83 Å². The van der Waals surface area contributed by atoms with Gasteiger partial charge in [-0.25, -0.2) is 4.39 Å². The maximum absolute atomic E-state index is 13.1. The van der Waals surface area contributed by atoms with E-state index in [2.05, 4.69) is 0 Å². The number of halogens is 1. The van der Waals surface area contributed by atoms with Crippen molar-refractivity contribution in [1.29, 1.82) is 0 Å². The van der Waals surface area contributed by atoms with Gasteiger partial charge < -0.3 is 4.74 Å². The molecule has 1 aliphatic carbocycles. The largest absolute Gasteiger partial charge is 0.465 e. The summed E-state index contributed by atoms with van der Waals surface area (Å²) in [4.78, 5) is 10.8. The molecule has 0 amide bonds. The number of fused-ring (bicyclic) bond motifs is 1. The fourth-order valence-corrected chi connectivity index (χ4v) is 1.92. The van der Waals surface area contributed by atoms with Crippen molar-refractivity contribution < 1.29 is 13.9 Å². The molecule has 0 radical (unpaired) electrons. The van der Waals surface area contributed by atoms with Crippen LogP contribution in [0.1, 0.15) is 19.3 Å². The first-order chi connectivity index (χ1) is 5.77. The predicted molar refractivity (Wildman–Crippen MR) is 41.0 cm³/mol. The minimum absolute atomic E-state index is 0.108. The molecule has 1 aliphatic heterocycles. The molecule has 0 bridgehead atoms. The highest BCUT2D eigenvalue weighted by atomic mass is 19.1. The van der Waals surface area contributed by atoms with E-state index in [-0.39, 0.29) is 30.1 Å². The standard InChI is InChI=1S/C9H11FO2/c10-8-3-1-2-6-5-12-9(11)4-7(6)8/h3,6-7H,1-2,4-5H2. The normalized spacial score (nSPS) is 35.1. The van der Waals surface area contributed by atoms with Gasteiger partial charge in [0.2, 0.25) is 0 Å². The van der Waals surface area contributed by atoms with Crippen molar-refractivity contribution in [3.05, 3.63) is 11.9 Å². The molecular weight excluding hydrogens is 159 g/mol. The van der Waals surface area contributed by atoms with E-state index in [4.69, 9.17) is 4.74 Å². The number of allylic oxidation sites excluding steroid dienone is 2. The molecule has 2 aliphatic rings. The van der Waals surface area contributed by atoms with E-state index in [0.717, 1.165) is 12.8 Å². The van der Waals surface area contributed by atoms with Gasteiger partial charge >= 0.3 is 5.97 Å². The molecule has 0 N–H and O–H groups in total. The summed E-state index contributed by atoms with van der Waals surface area (Å²) in [6, 6.07) is 0. The number of cyclic esters (lactones) is 1. The van der Waals surface area contributed by atoms with Gasteiger partial charge in [-0.2, -0.15) is 0 Å². The third-order valence-electron chi connectivity index (χ3n) is 2.65. The maximum atomic E-state index is 13.1. The third kappa shape index (κ3) is 1.24. The molecule has 2 rings (SSSR count). The Morgan fingerprint density at radius 2 is 2.42 bits per heavy atom. The summed E-state index contributed by atoms with van der Waals surface area (Å²) in [6.45, 7) is 0.408. The monoisotopic (exact) mass is 170 g/mol. The SMILES string of the molecule is O=C1CC2C(F)=CCCC2CO1. The number of ether oxygens (including phenoxy) is 1. The van der Waals surface area contributed by atoms with E-state index >= 15 is 0 Å². The summed E-state index contributed by atoms with van der Waals surface area (Å²) in [7, 11) is 0. The minimum Gasteiger partial charge on any atom is -0.465 e. The lowest BCUT2D eigenvalue weighted by Gasteiger charge is -2.32. The Balaban J connectivity index is 2.15. The van der Waals surface area contributed by atoms with E-state index < -0.39 is 0 Å². The summed E-state index contributed by atoms with van der Waals surface area (Å²) < 4.78 is 18.0. The second kappa shape index (κ2) is 2.88. The summed E-state index contributed by atoms with van der Waals surface area (Å²) in [5, 5.41) is 0. The van der Waals surface area contributed by atoms with Crippen LogP contribution in [0.15, 0.2) is 11.9 Å². The molecule has 1 fully saturated rings. The summed E-state index contributed by atoms with van der Waals surface area (Å²) >= 11 is 0. The van der Waals surface area contributed by atoms with Crippen molar-refractivity contribution in [2.75, 3.05) is 6.61 Å². The molecule has 0 saturated carbocycles. The molecule has 66 valence electrons. The molecule has 3 heteroatoms. The number of hydrogen-bond acceptors (Lipinski definition) is 2. The zero-order valence-electron chi connectivity index (χ0n) is 6.75. The summed E-state index contributed by atoms with van der Waals surface area (Å²) in [5.41, 5.74) is 0. The highest BCUT2D eigenvalue weighted by Crippen LogP contribution is 2.36. The van der Waals surface area contributed by atoms with Crippen molar-refractivity contribution in [2.45, 2.75) is 19.3 Å². The molecule has 2 atom stereocenters. The Labute approximate surface area is 70.4 Å². The highest BCUT2D eigenvalue weighted by molar-refractivity contribution is 5.71. The van der Waals surface area contributed by atoms with Crippen molar-refractivity contribution in [1.82, 2.24) is 0 Å².